The van der Waals surface area contributed by atoms with Gasteiger partial charge >= 0.3 is 0 Å². The van der Waals surface area contributed by atoms with E-state index in [4.69, 9.17) is 9.84 Å². The molecule has 2 aromatic heterocycles. The Kier molecular flexibility index (Phi) is 8.69. The number of rotatable bonds is 10. The number of carbonyl (C=O) groups is 1. The average molecular weight is 572 g/mol. The van der Waals surface area contributed by atoms with Gasteiger partial charge in [-0.25, -0.2) is 18.1 Å². The van der Waals surface area contributed by atoms with Crippen LogP contribution >= 0.6 is 0 Å². The summed E-state index contributed by atoms with van der Waals surface area (Å²) in [6.45, 7) is 2.32. The van der Waals surface area contributed by atoms with E-state index in [1.807, 2.05) is 47.2 Å². The number of sulfonamides is 1. The Bertz CT molecular complexity index is 1670. The van der Waals surface area contributed by atoms with Crippen LogP contribution in [0.15, 0.2) is 90.0 Å². The SMILES string of the molecule is N#CC(=Cc1cn(-c2ccccc2)nc1-c1cccc(S(=O)(=O)N2CCOCC2)c1)C(=O)NCCCn1ccnc1. The van der Waals surface area contributed by atoms with Crippen LogP contribution in [0, 0.1) is 11.3 Å². The zero-order chi connectivity index (χ0) is 28.7. The van der Waals surface area contributed by atoms with Crippen molar-refractivity contribution >= 4 is 22.0 Å². The highest BCUT2D eigenvalue weighted by Gasteiger charge is 2.27. The van der Waals surface area contributed by atoms with Gasteiger partial charge in [0.05, 0.1) is 30.1 Å². The van der Waals surface area contributed by atoms with Crippen LogP contribution < -0.4 is 5.32 Å². The third kappa shape index (κ3) is 6.60. The molecule has 0 bridgehead atoms. The van der Waals surface area contributed by atoms with E-state index in [1.165, 1.54) is 10.4 Å². The van der Waals surface area contributed by atoms with Crippen molar-refractivity contribution < 1.29 is 17.9 Å². The van der Waals surface area contributed by atoms with Crippen molar-refractivity contribution in [2.24, 2.45) is 0 Å². The summed E-state index contributed by atoms with van der Waals surface area (Å²) < 4.78 is 36.9. The summed E-state index contributed by atoms with van der Waals surface area (Å²) in [6, 6.07) is 17.9. The van der Waals surface area contributed by atoms with Gasteiger partial charge in [0.2, 0.25) is 10.0 Å². The minimum Gasteiger partial charge on any atom is -0.379 e. The summed E-state index contributed by atoms with van der Waals surface area (Å²) >= 11 is 0. The van der Waals surface area contributed by atoms with Crippen molar-refractivity contribution in [1.29, 1.82) is 5.26 Å². The minimum absolute atomic E-state index is 0.0846. The second-order valence-electron chi connectivity index (χ2n) is 9.34. The first kappa shape index (κ1) is 28.0. The Morgan fingerprint density at radius 3 is 2.66 bits per heavy atom. The van der Waals surface area contributed by atoms with Gasteiger partial charge in [-0.3, -0.25) is 4.79 Å². The van der Waals surface area contributed by atoms with Crippen molar-refractivity contribution in [3.05, 3.63) is 90.7 Å². The van der Waals surface area contributed by atoms with E-state index in [-0.39, 0.29) is 23.6 Å². The molecule has 0 saturated carbocycles. The van der Waals surface area contributed by atoms with Crippen LogP contribution in [0.3, 0.4) is 0 Å². The Morgan fingerprint density at radius 2 is 1.93 bits per heavy atom. The van der Waals surface area contributed by atoms with Gasteiger partial charge in [0, 0.05) is 55.9 Å². The molecular weight excluding hydrogens is 542 g/mol. The molecule has 1 N–H and O–H groups in total. The number of nitriles is 1. The van der Waals surface area contributed by atoms with Crippen molar-refractivity contribution in [3.8, 4) is 23.0 Å². The number of para-hydroxylation sites is 1. The molecule has 0 spiro atoms. The first-order valence-electron chi connectivity index (χ1n) is 13.1. The molecule has 0 unspecified atom stereocenters. The van der Waals surface area contributed by atoms with Gasteiger partial charge in [0.1, 0.15) is 17.3 Å². The number of aromatic nitrogens is 4. The number of hydrogen-bond donors (Lipinski definition) is 1. The molecule has 0 atom stereocenters. The Morgan fingerprint density at radius 1 is 1.12 bits per heavy atom. The number of aryl methyl sites for hydroxylation is 1. The highest BCUT2D eigenvalue weighted by Crippen LogP contribution is 2.29. The quantitative estimate of drug-likeness (QED) is 0.176. The standard InChI is InChI=1S/C29H29N7O4S/c30-20-24(29(37)32-10-5-12-34-13-11-31-22-34)18-25-21-36(26-7-2-1-3-8-26)33-28(25)23-6-4-9-27(19-23)41(38,39)35-14-16-40-17-15-35/h1-4,6-9,11,13,18-19,21-22H,5,10,12,14-17H2,(H,32,37). The molecule has 1 amide bonds. The highest BCUT2D eigenvalue weighted by atomic mass is 32.2. The lowest BCUT2D eigenvalue weighted by Crippen LogP contribution is -2.40. The first-order valence-corrected chi connectivity index (χ1v) is 14.6. The molecule has 0 aliphatic carbocycles. The molecule has 0 radical (unpaired) electrons. The summed E-state index contributed by atoms with van der Waals surface area (Å²) in [5, 5.41) is 17.4. The van der Waals surface area contributed by atoms with E-state index in [1.54, 1.807) is 47.7 Å². The van der Waals surface area contributed by atoms with E-state index in [9.17, 15) is 18.5 Å². The smallest absolute Gasteiger partial charge is 0.261 e. The number of hydrogen-bond acceptors (Lipinski definition) is 7. The molecule has 210 valence electrons. The van der Waals surface area contributed by atoms with Gasteiger partial charge in [-0.15, -0.1) is 0 Å². The van der Waals surface area contributed by atoms with Crippen molar-refractivity contribution in [2.45, 2.75) is 17.9 Å². The van der Waals surface area contributed by atoms with Crippen LogP contribution in [-0.4, -0.2) is 70.8 Å². The second-order valence-corrected chi connectivity index (χ2v) is 11.3. The third-order valence-electron chi connectivity index (χ3n) is 6.58. The second kappa shape index (κ2) is 12.7. The summed E-state index contributed by atoms with van der Waals surface area (Å²) in [6.07, 6.45) is 9.11. The molecule has 1 aliphatic rings. The fourth-order valence-corrected chi connectivity index (χ4v) is 5.91. The van der Waals surface area contributed by atoms with Gasteiger partial charge in [0.15, 0.2) is 0 Å². The van der Waals surface area contributed by atoms with Crippen LogP contribution in [0.4, 0.5) is 0 Å². The van der Waals surface area contributed by atoms with Crippen LogP contribution in [0.2, 0.25) is 0 Å². The van der Waals surface area contributed by atoms with E-state index in [0.29, 0.717) is 49.5 Å². The molecule has 12 heteroatoms. The minimum atomic E-state index is -3.74. The van der Waals surface area contributed by atoms with Gasteiger partial charge in [0.25, 0.3) is 5.91 Å². The van der Waals surface area contributed by atoms with Crippen LogP contribution in [-0.2, 0) is 26.1 Å². The number of amides is 1. The zero-order valence-corrected chi connectivity index (χ0v) is 23.1. The van der Waals surface area contributed by atoms with Crippen molar-refractivity contribution in [2.75, 3.05) is 32.8 Å². The maximum absolute atomic E-state index is 13.3. The lowest BCUT2D eigenvalue weighted by molar-refractivity contribution is -0.117. The fourth-order valence-electron chi connectivity index (χ4n) is 4.45. The Hall–Kier alpha value is -4.57. The molecule has 11 nitrogen and oxygen atoms in total. The largest absolute Gasteiger partial charge is 0.379 e. The topological polar surface area (TPSA) is 135 Å². The molecule has 1 saturated heterocycles. The van der Waals surface area contributed by atoms with Gasteiger partial charge in [-0.2, -0.15) is 14.7 Å². The molecule has 5 rings (SSSR count). The van der Waals surface area contributed by atoms with E-state index < -0.39 is 15.9 Å². The van der Waals surface area contributed by atoms with E-state index in [2.05, 4.69) is 10.3 Å². The summed E-state index contributed by atoms with van der Waals surface area (Å²) in [5.74, 6) is -0.500. The maximum Gasteiger partial charge on any atom is 0.261 e. The Labute approximate surface area is 238 Å². The Balaban J connectivity index is 1.45. The first-order chi connectivity index (χ1) is 20.0. The predicted octanol–water partition coefficient (Wildman–Crippen LogP) is 2.87. The molecule has 41 heavy (non-hydrogen) atoms. The average Bonchev–Trinajstić information content (AvgIpc) is 3.69. The molecule has 4 aromatic rings. The molecule has 3 heterocycles. The number of morpholine rings is 1. The normalized spacial score (nSPS) is 14.5. The highest BCUT2D eigenvalue weighted by molar-refractivity contribution is 7.89. The van der Waals surface area contributed by atoms with Crippen LogP contribution in [0.1, 0.15) is 12.0 Å². The maximum atomic E-state index is 13.3. The van der Waals surface area contributed by atoms with Crippen molar-refractivity contribution in [1.82, 2.24) is 29.0 Å². The third-order valence-corrected chi connectivity index (χ3v) is 8.48. The van der Waals surface area contributed by atoms with Crippen LogP contribution in [0.5, 0.6) is 0 Å². The number of benzene rings is 2. The lowest BCUT2D eigenvalue weighted by Gasteiger charge is -2.26. The zero-order valence-electron chi connectivity index (χ0n) is 22.3. The summed E-state index contributed by atoms with van der Waals surface area (Å²) in [5.41, 5.74) is 2.17. The number of ether oxygens (including phenoxy) is 1. The van der Waals surface area contributed by atoms with E-state index >= 15 is 0 Å². The van der Waals surface area contributed by atoms with Gasteiger partial charge in [-0.05, 0) is 36.8 Å². The molecule has 2 aromatic carbocycles. The van der Waals surface area contributed by atoms with Crippen LogP contribution in [0.25, 0.3) is 23.0 Å². The van der Waals surface area contributed by atoms with Gasteiger partial charge in [-0.1, -0.05) is 30.3 Å². The fraction of sp³-hybridized carbons (Fsp3) is 0.241. The number of imidazole rings is 1. The monoisotopic (exact) mass is 571 g/mol. The molecule has 1 fully saturated rings. The molecular formula is C29H29N7O4S. The summed E-state index contributed by atoms with van der Waals surface area (Å²) in [7, 11) is -3.74. The predicted molar refractivity (Wildman–Crippen MR) is 152 cm³/mol. The van der Waals surface area contributed by atoms with Gasteiger partial charge < -0.3 is 14.6 Å². The lowest BCUT2D eigenvalue weighted by atomic mass is 10.1. The number of nitrogens with zero attached hydrogens (tertiary/aromatic N) is 6. The summed E-state index contributed by atoms with van der Waals surface area (Å²) in [4.78, 5) is 17.0. The molecule has 1 aliphatic heterocycles. The number of carbonyl (C=O) groups excluding carboxylic acids is 1. The van der Waals surface area contributed by atoms with Crippen molar-refractivity contribution in [3.63, 3.8) is 0 Å². The number of nitrogens with one attached hydrogen (secondary N) is 1. The van der Waals surface area contributed by atoms with E-state index in [0.717, 1.165) is 5.69 Å².